The van der Waals surface area contributed by atoms with Crippen LogP contribution >= 0.6 is 11.6 Å². The molecule has 1 atom stereocenters. The van der Waals surface area contributed by atoms with E-state index in [-0.39, 0.29) is 10.6 Å². The number of nitrogens with two attached hydrogens (primary N) is 1. The highest BCUT2D eigenvalue weighted by Gasteiger charge is 2.36. The van der Waals surface area contributed by atoms with Crippen molar-refractivity contribution >= 4 is 29.1 Å². The van der Waals surface area contributed by atoms with Crippen LogP contribution in [-0.2, 0) is 4.79 Å². The first kappa shape index (κ1) is 10.9. The van der Waals surface area contributed by atoms with Gasteiger partial charge in [-0.3, -0.25) is 9.59 Å². The lowest BCUT2D eigenvalue weighted by Crippen LogP contribution is -2.23. The number of likely N-dealkylation sites (N-methyl/N-ethyl adjacent to an activating group) is 1. The SMILES string of the molecule is CN1C(=O)C(O)c2c(Cl)cc(C(N)=O)cc21. The first-order valence-corrected chi connectivity index (χ1v) is 4.90. The van der Waals surface area contributed by atoms with Gasteiger partial charge >= 0.3 is 0 Å². The number of anilines is 1. The molecule has 5 nitrogen and oxygen atoms in total. The summed E-state index contributed by atoms with van der Waals surface area (Å²) in [7, 11) is 1.50. The normalized spacial score (nSPS) is 18.8. The molecule has 0 fully saturated rings. The van der Waals surface area contributed by atoms with Crippen LogP contribution in [0.15, 0.2) is 12.1 Å². The van der Waals surface area contributed by atoms with Crippen LogP contribution in [-0.4, -0.2) is 24.0 Å². The van der Waals surface area contributed by atoms with Crippen LogP contribution in [0.5, 0.6) is 0 Å². The molecule has 3 N–H and O–H groups in total. The van der Waals surface area contributed by atoms with E-state index in [1.165, 1.54) is 24.1 Å². The number of hydrogen-bond acceptors (Lipinski definition) is 3. The Labute approximate surface area is 96.4 Å². The van der Waals surface area contributed by atoms with Crippen LogP contribution in [0.2, 0.25) is 5.02 Å². The average molecular weight is 241 g/mol. The molecule has 0 aliphatic carbocycles. The van der Waals surface area contributed by atoms with E-state index in [1.807, 2.05) is 0 Å². The fraction of sp³-hybridized carbons (Fsp3) is 0.200. The van der Waals surface area contributed by atoms with Crippen LogP contribution in [0, 0.1) is 0 Å². The molecule has 0 bridgehead atoms. The van der Waals surface area contributed by atoms with Gasteiger partial charge in [-0.05, 0) is 12.1 Å². The number of benzene rings is 1. The first-order chi connectivity index (χ1) is 7.43. The number of carbonyl (C=O) groups is 2. The molecular weight excluding hydrogens is 232 g/mol. The number of nitrogens with zero attached hydrogens (tertiary/aromatic N) is 1. The number of aliphatic hydroxyl groups excluding tert-OH is 1. The smallest absolute Gasteiger partial charge is 0.260 e. The van der Waals surface area contributed by atoms with Gasteiger partial charge in [0.05, 0.1) is 5.69 Å². The molecule has 0 spiro atoms. The van der Waals surface area contributed by atoms with E-state index < -0.39 is 17.9 Å². The predicted octanol–water partition coefficient (Wildman–Crippen LogP) is 0.449. The Morgan fingerprint density at radius 2 is 2.19 bits per heavy atom. The van der Waals surface area contributed by atoms with Gasteiger partial charge in [-0.25, -0.2) is 0 Å². The maximum absolute atomic E-state index is 11.5. The third-order valence-corrected chi connectivity index (χ3v) is 2.90. The number of rotatable bonds is 1. The molecule has 2 amide bonds. The summed E-state index contributed by atoms with van der Waals surface area (Å²) in [5, 5.41) is 9.80. The van der Waals surface area contributed by atoms with Gasteiger partial charge in [0.15, 0.2) is 6.10 Å². The van der Waals surface area contributed by atoms with Crippen molar-refractivity contribution in [2.45, 2.75) is 6.10 Å². The fourth-order valence-electron chi connectivity index (χ4n) is 1.72. The molecule has 0 saturated carbocycles. The molecule has 6 heteroatoms. The summed E-state index contributed by atoms with van der Waals surface area (Å²) in [5.74, 6) is -1.11. The predicted molar refractivity (Wildman–Crippen MR) is 58.3 cm³/mol. The minimum Gasteiger partial charge on any atom is -0.378 e. The van der Waals surface area contributed by atoms with E-state index in [0.717, 1.165) is 0 Å². The number of halogens is 1. The molecule has 2 rings (SSSR count). The molecule has 1 aromatic carbocycles. The zero-order valence-electron chi connectivity index (χ0n) is 8.40. The van der Waals surface area contributed by atoms with Crippen LogP contribution in [0.4, 0.5) is 5.69 Å². The molecule has 1 aliphatic rings. The van der Waals surface area contributed by atoms with Crippen LogP contribution in [0.3, 0.4) is 0 Å². The second-order valence-corrected chi connectivity index (χ2v) is 3.96. The third-order valence-electron chi connectivity index (χ3n) is 2.59. The Morgan fingerprint density at radius 3 is 2.75 bits per heavy atom. The highest BCUT2D eigenvalue weighted by Crippen LogP contribution is 2.40. The molecule has 16 heavy (non-hydrogen) atoms. The number of carbonyl (C=O) groups excluding carboxylic acids is 2. The maximum Gasteiger partial charge on any atom is 0.260 e. The Morgan fingerprint density at radius 1 is 1.56 bits per heavy atom. The average Bonchev–Trinajstić information content (AvgIpc) is 2.44. The van der Waals surface area contributed by atoms with Crippen LogP contribution in [0.25, 0.3) is 0 Å². The van der Waals surface area contributed by atoms with Crippen molar-refractivity contribution in [3.8, 4) is 0 Å². The molecule has 1 aromatic rings. The van der Waals surface area contributed by atoms with Crippen molar-refractivity contribution in [2.75, 3.05) is 11.9 Å². The molecule has 0 radical (unpaired) electrons. The van der Waals surface area contributed by atoms with Crippen LogP contribution in [0.1, 0.15) is 22.0 Å². The van der Waals surface area contributed by atoms with Crippen molar-refractivity contribution < 1.29 is 14.7 Å². The Balaban J connectivity index is 2.67. The van der Waals surface area contributed by atoms with E-state index in [4.69, 9.17) is 17.3 Å². The molecule has 1 heterocycles. The summed E-state index contributed by atoms with van der Waals surface area (Å²) < 4.78 is 0. The Kier molecular flexibility index (Phi) is 2.36. The van der Waals surface area contributed by atoms with Crippen molar-refractivity contribution in [2.24, 2.45) is 5.73 Å². The Hall–Kier alpha value is -1.59. The number of aliphatic hydroxyl groups is 1. The van der Waals surface area contributed by atoms with Crippen molar-refractivity contribution in [3.05, 3.63) is 28.3 Å². The second kappa shape index (κ2) is 3.47. The van der Waals surface area contributed by atoms with Crippen molar-refractivity contribution in [1.82, 2.24) is 0 Å². The van der Waals surface area contributed by atoms with Gasteiger partial charge in [0.1, 0.15) is 0 Å². The van der Waals surface area contributed by atoms with Gasteiger partial charge in [-0.15, -0.1) is 0 Å². The molecule has 1 aliphatic heterocycles. The number of amides is 2. The van der Waals surface area contributed by atoms with Crippen molar-refractivity contribution in [3.63, 3.8) is 0 Å². The lowest BCUT2D eigenvalue weighted by atomic mass is 10.1. The molecule has 0 saturated heterocycles. The largest absolute Gasteiger partial charge is 0.378 e. The summed E-state index contributed by atoms with van der Waals surface area (Å²) in [6.45, 7) is 0. The quantitative estimate of drug-likeness (QED) is 0.748. The van der Waals surface area contributed by atoms with Gasteiger partial charge in [0.25, 0.3) is 5.91 Å². The molecule has 1 unspecified atom stereocenters. The zero-order valence-corrected chi connectivity index (χ0v) is 9.15. The number of fused-ring (bicyclic) bond motifs is 1. The van der Waals surface area contributed by atoms with Crippen LogP contribution < -0.4 is 10.6 Å². The standard InChI is InChI=1S/C10H9ClN2O3/c1-13-6-3-4(9(12)15)2-5(11)7(6)8(14)10(13)16/h2-3,8,14H,1H3,(H2,12,15). The third kappa shape index (κ3) is 1.36. The van der Waals surface area contributed by atoms with Gasteiger partial charge in [0, 0.05) is 23.2 Å². The molecular formula is C10H9ClN2O3. The van der Waals surface area contributed by atoms with E-state index in [9.17, 15) is 14.7 Å². The highest BCUT2D eigenvalue weighted by atomic mass is 35.5. The van der Waals surface area contributed by atoms with E-state index >= 15 is 0 Å². The summed E-state index contributed by atoms with van der Waals surface area (Å²) in [4.78, 5) is 23.8. The number of hydrogen-bond donors (Lipinski definition) is 2. The van der Waals surface area contributed by atoms with E-state index in [1.54, 1.807) is 0 Å². The van der Waals surface area contributed by atoms with E-state index in [0.29, 0.717) is 11.3 Å². The number of primary amides is 1. The summed E-state index contributed by atoms with van der Waals surface area (Å²) in [5.41, 5.74) is 6.07. The van der Waals surface area contributed by atoms with Crippen molar-refractivity contribution in [1.29, 1.82) is 0 Å². The Bertz CT molecular complexity index is 501. The minimum atomic E-state index is -1.27. The minimum absolute atomic E-state index is 0.163. The van der Waals surface area contributed by atoms with Gasteiger partial charge in [-0.1, -0.05) is 11.6 Å². The summed E-state index contributed by atoms with van der Waals surface area (Å²) in [6.07, 6.45) is -1.27. The van der Waals surface area contributed by atoms with Gasteiger partial charge in [0.2, 0.25) is 5.91 Å². The van der Waals surface area contributed by atoms with E-state index in [2.05, 4.69) is 0 Å². The summed E-state index contributed by atoms with van der Waals surface area (Å²) >= 11 is 5.90. The van der Waals surface area contributed by atoms with Gasteiger partial charge < -0.3 is 15.7 Å². The monoisotopic (exact) mass is 240 g/mol. The fourth-order valence-corrected chi connectivity index (χ4v) is 2.04. The maximum atomic E-state index is 11.5. The zero-order chi connectivity index (χ0) is 12.0. The molecule has 84 valence electrons. The summed E-state index contributed by atoms with van der Waals surface area (Å²) in [6, 6.07) is 2.79. The lowest BCUT2D eigenvalue weighted by molar-refractivity contribution is -0.125. The first-order valence-electron chi connectivity index (χ1n) is 4.52. The topological polar surface area (TPSA) is 83.6 Å². The second-order valence-electron chi connectivity index (χ2n) is 3.55. The lowest BCUT2D eigenvalue weighted by Gasteiger charge is -2.10. The highest BCUT2D eigenvalue weighted by molar-refractivity contribution is 6.33. The molecule has 0 aromatic heterocycles. The van der Waals surface area contributed by atoms with Gasteiger partial charge in [-0.2, -0.15) is 0 Å².